The third-order valence-electron chi connectivity index (χ3n) is 6.22. The topological polar surface area (TPSA) is 77.7 Å². The third-order valence-corrected chi connectivity index (χ3v) is 6.46. The first kappa shape index (κ1) is 27.2. The number of aromatic amines is 1. The molecule has 0 radical (unpaired) electrons. The number of nitrogens with one attached hydrogen (secondary N) is 2. The number of rotatable bonds is 11. The first-order chi connectivity index (χ1) is 18.4. The number of carbonyl (C=O) groups is 2. The summed E-state index contributed by atoms with van der Waals surface area (Å²) in [5, 5.41) is 4.39. The van der Waals surface area contributed by atoms with Crippen LogP contribution in [0.1, 0.15) is 11.1 Å². The van der Waals surface area contributed by atoms with Gasteiger partial charge in [-0.3, -0.25) is 4.79 Å². The normalized spacial score (nSPS) is 10.9. The maximum Gasteiger partial charge on any atom is 0.322 e. The van der Waals surface area contributed by atoms with Gasteiger partial charge in [-0.2, -0.15) is 0 Å². The molecule has 1 heterocycles. The van der Waals surface area contributed by atoms with Crippen LogP contribution in [-0.4, -0.2) is 60.1 Å². The molecule has 0 fully saturated rings. The van der Waals surface area contributed by atoms with Crippen LogP contribution in [0, 0.1) is 5.82 Å². The van der Waals surface area contributed by atoms with Crippen molar-refractivity contribution in [3.8, 4) is 0 Å². The van der Waals surface area contributed by atoms with E-state index in [1.54, 1.807) is 41.3 Å². The van der Waals surface area contributed by atoms with Crippen molar-refractivity contribution in [1.29, 1.82) is 0 Å². The fraction of sp³-hybridized carbons (Fsp3) is 0.241. The number of halogens is 2. The summed E-state index contributed by atoms with van der Waals surface area (Å²) in [4.78, 5) is 33.0. The zero-order chi connectivity index (χ0) is 26.9. The Labute approximate surface area is 226 Å². The summed E-state index contributed by atoms with van der Waals surface area (Å²) in [6.45, 7) is 1.05. The Morgan fingerprint density at radius 2 is 1.79 bits per heavy atom. The van der Waals surface area contributed by atoms with E-state index in [0.29, 0.717) is 23.7 Å². The van der Waals surface area contributed by atoms with Crippen LogP contribution in [-0.2, 0) is 22.5 Å². The molecule has 198 valence electrons. The first-order valence-electron chi connectivity index (χ1n) is 12.3. The van der Waals surface area contributed by atoms with Crippen LogP contribution in [0.3, 0.4) is 0 Å². The fourth-order valence-electron chi connectivity index (χ4n) is 4.18. The number of nitrogens with zero attached hydrogens (tertiary/aromatic N) is 2. The van der Waals surface area contributed by atoms with Crippen LogP contribution in [0.4, 0.5) is 14.9 Å². The maximum absolute atomic E-state index is 13.6. The van der Waals surface area contributed by atoms with Crippen molar-refractivity contribution >= 4 is 40.1 Å². The van der Waals surface area contributed by atoms with Crippen LogP contribution in [0.2, 0.25) is 5.02 Å². The highest BCUT2D eigenvalue weighted by Gasteiger charge is 2.22. The number of hydrogen-bond acceptors (Lipinski definition) is 3. The lowest BCUT2D eigenvalue weighted by atomic mass is 10.1. The van der Waals surface area contributed by atoms with Gasteiger partial charge in [0.2, 0.25) is 5.91 Å². The highest BCUT2D eigenvalue weighted by atomic mass is 35.5. The summed E-state index contributed by atoms with van der Waals surface area (Å²) in [6.07, 6.45) is 2.57. The Morgan fingerprint density at radius 3 is 2.55 bits per heavy atom. The molecule has 4 rings (SSSR count). The standard InChI is InChI=1S/C29H30ClFN4O3/c1-38-16-15-35(29(37)33-25-6-4-5-23(30)17-25)20-28(36)34(19-21-9-11-24(31)12-10-21)14-13-22-18-32-27-8-3-2-7-26(22)27/h2-12,17-18,32H,13-16,19-20H2,1H3,(H,33,37). The van der Waals surface area contributed by atoms with Gasteiger partial charge in [0.05, 0.1) is 6.61 Å². The summed E-state index contributed by atoms with van der Waals surface area (Å²) in [5.41, 5.74) is 3.44. The lowest BCUT2D eigenvalue weighted by Gasteiger charge is -2.28. The molecule has 4 aromatic rings. The predicted octanol–water partition coefficient (Wildman–Crippen LogP) is 5.71. The van der Waals surface area contributed by atoms with Crippen molar-refractivity contribution < 1.29 is 18.7 Å². The van der Waals surface area contributed by atoms with Gasteiger partial charge in [-0.25, -0.2) is 9.18 Å². The molecule has 9 heteroatoms. The molecule has 0 saturated heterocycles. The number of benzene rings is 3. The van der Waals surface area contributed by atoms with Crippen molar-refractivity contribution in [3.05, 3.63) is 101 Å². The van der Waals surface area contributed by atoms with Crippen LogP contribution < -0.4 is 5.32 Å². The van der Waals surface area contributed by atoms with E-state index in [9.17, 15) is 14.0 Å². The van der Waals surface area contributed by atoms with E-state index in [1.807, 2.05) is 30.5 Å². The molecule has 0 aliphatic rings. The number of fused-ring (bicyclic) bond motifs is 1. The van der Waals surface area contributed by atoms with Gasteiger partial charge in [-0.1, -0.05) is 48.0 Å². The minimum Gasteiger partial charge on any atom is -0.383 e. The van der Waals surface area contributed by atoms with Gasteiger partial charge in [0, 0.05) is 54.6 Å². The molecule has 0 unspecified atom stereocenters. The molecular formula is C29H30ClFN4O3. The van der Waals surface area contributed by atoms with Crippen molar-refractivity contribution in [2.45, 2.75) is 13.0 Å². The second kappa shape index (κ2) is 13.1. The molecule has 0 spiro atoms. The quantitative estimate of drug-likeness (QED) is 0.258. The molecule has 0 aliphatic carbocycles. The SMILES string of the molecule is COCCN(CC(=O)N(CCc1c[nH]c2ccccc12)Cc1ccc(F)cc1)C(=O)Nc1cccc(Cl)c1. The van der Waals surface area contributed by atoms with E-state index in [-0.39, 0.29) is 38.0 Å². The number of H-pyrrole nitrogens is 1. The number of aromatic nitrogens is 1. The van der Waals surface area contributed by atoms with Gasteiger partial charge in [0.1, 0.15) is 12.4 Å². The monoisotopic (exact) mass is 536 g/mol. The zero-order valence-corrected chi connectivity index (χ0v) is 21.9. The summed E-state index contributed by atoms with van der Waals surface area (Å²) < 4.78 is 18.7. The number of carbonyl (C=O) groups excluding carboxylic acids is 2. The number of amides is 3. The average Bonchev–Trinajstić information content (AvgIpc) is 3.33. The van der Waals surface area contributed by atoms with Gasteiger partial charge in [0.25, 0.3) is 0 Å². The van der Waals surface area contributed by atoms with Gasteiger partial charge in [-0.15, -0.1) is 0 Å². The van der Waals surface area contributed by atoms with Crippen LogP contribution in [0.25, 0.3) is 10.9 Å². The van der Waals surface area contributed by atoms with E-state index in [4.69, 9.17) is 16.3 Å². The summed E-state index contributed by atoms with van der Waals surface area (Å²) in [5.74, 6) is -0.569. The summed E-state index contributed by atoms with van der Waals surface area (Å²) >= 11 is 6.05. The molecular weight excluding hydrogens is 507 g/mol. The van der Waals surface area contributed by atoms with Crippen molar-refractivity contribution in [3.63, 3.8) is 0 Å². The van der Waals surface area contributed by atoms with Crippen LogP contribution in [0.15, 0.2) is 79.0 Å². The minimum atomic E-state index is -0.434. The highest BCUT2D eigenvalue weighted by Crippen LogP contribution is 2.19. The van der Waals surface area contributed by atoms with Crippen molar-refractivity contribution in [2.75, 3.05) is 38.7 Å². The number of anilines is 1. The zero-order valence-electron chi connectivity index (χ0n) is 21.1. The molecule has 0 atom stereocenters. The third kappa shape index (κ3) is 7.34. The second-order valence-electron chi connectivity index (χ2n) is 8.91. The smallest absolute Gasteiger partial charge is 0.322 e. The molecule has 3 amide bonds. The molecule has 7 nitrogen and oxygen atoms in total. The van der Waals surface area contributed by atoms with Gasteiger partial charge >= 0.3 is 6.03 Å². The minimum absolute atomic E-state index is 0.148. The molecule has 2 N–H and O–H groups in total. The van der Waals surface area contributed by atoms with Gasteiger partial charge in [0.15, 0.2) is 0 Å². The lowest BCUT2D eigenvalue weighted by molar-refractivity contribution is -0.132. The lowest BCUT2D eigenvalue weighted by Crippen LogP contribution is -2.46. The van der Waals surface area contributed by atoms with E-state index >= 15 is 0 Å². The van der Waals surface area contributed by atoms with Gasteiger partial charge < -0.3 is 24.8 Å². The first-order valence-corrected chi connectivity index (χ1v) is 12.7. The number of urea groups is 1. The number of para-hydroxylation sites is 1. The molecule has 38 heavy (non-hydrogen) atoms. The molecule has 3 aromatic carbocycles. The van der Waals surface area contributed by atoms with E-state index in [1.165, 1.54) is 24.1 Å². The number of ether oxygens (including phenoxy) is 1. The molecule has 0 saturated carbocycles. The number of methoxy groups -OCH3 is 1. The highest BCUT2D eigenvalue weighted by molar-refractivity contribution is 6.30. The van der Waals surface area contributed by atoms with Crippen molar-refractivity contribution in [1.82, 2.24) is 14.8 Å². The van der Waals surface area contributed by atoms with Crippen molar-refractivity contribution in [2.24, 2.45) is 0 Å². The van der Waals surface area contributed by atoms with E-state index < -0.39 is 6.03 Å². The Morgan fingerprint density at radius 1 is 1.00 bits per heavy atom. The Bertz CT molecular complexity index is 1380. The Hall–Kier alpha value is -3.88. The van der Waals surface area contributed by atoms with Crippen LogP contribution in [0.5, 0.6) is 0 Å². The predicted molar refractivity (Wildman–Crippen MR) is 148 cm³/mol. The Balaban J connectivity index is 1.50. The maximum atomic E-state index is 13.6. The average molecular weight is 537 g/mol. The second-order valence-corrected chi connectivity index (χ2v) is 9.34. The summed E-state index contributed by atoms with van der Waals surface area (Å²) in [6, 6.07) is 20.4. The largest absolute Gasteiger partial charge is 0.383 e. The molecule has 1 aromatic heterocycles. The van der Waals surface area contributed by atoms with E-state index in [2.05, 4.69) is 10.3 Å². The van der Waals surface area contributed by atoms with Gasteiger partial charge in [-0.05, 0) is 53.9 Å². The van der Waals surface area contributed by atoms with E-state index in [0.717, 1.165) is 22.0 Å². The Kier molecular flexibility index (Phi) is 9.35. The summed E-state index contributed by atoms with van der Waals surface area (Å²) in [7, 11) is 1.54. The van der Waals surface area contributed by atoms with Crippen LogP contribution >= 0.6 is 11.6 Å². The fourth-order valence-corrected chi connectivity index (χ4v) is 4.37. The molecule has 0 aliphatic heterocycles. The molecule has 0 bridgehead atoms. The number of hydrogen-bond donors (Lipinski definition) is 2.